The van der Waals surface area contributed by atoms with Crippen molar-refractivity contribution in [3.63, 3.8) is 0 Å². The molecule has 1 aromatic rings. The van der Waals surface area contributed by atoms with Crippen molar-refractivity contribution >= 4 is 5.78 Å². The van der Waals surface area contributed by atoms with Crippen molar-refractivity contribution in [1.82, 2.24) is 4.90 Å². The molecule has 0 N–H and O–H groups in total. The number of piperidine rings is 1. The van der Waals surface area contributed by atoms with Crippen LogP contribution in [0.1, 0.15) is 42.1 Å². The first-order valence-corrected chi connectivity index (χ1v) is 7.63. The van der Waals surface area contributed by atoms with Gasteiger partial charge in [0.1, 0.15) is 0 Å². The number of carbonyl (C=O) groups is 1. The van der Waals surface area contributed by atoms with Gasteiger partial charge < -0.3 is 4.74 Å². The topological polar surface area (TPSA) is 29.5 Å². The predicted molar refractivity (Wildman–Crippen MR) is 81.2 cm³/mol. The van der Waals surface area contributed by atoms with Crippen molar-refractivity contribution in [3.05, 3.63) is 35.4 Å². The van der Waals surface area contributed by atoms with Crippen LogP contribution in [-0.4, -0.2) is 43.0 Å². The van der Waals surface area contributed by atoms with E-state index < -0.39 is 0 Å². The van der Waals surface area contributed by atoms with Gasteiger partial charge in [0.2, 0.25) is 0 Å². The minimum absolute atomic E-state index is 0.213. The molecule has 3 heteroatoms. The molecule has 0 radical (unpaired) electrons. The van der Waals surface area contributed by atoms with Gasteiger partial charge in [-0.3, -0.25) is 9.69 Å². The molecule has 1 aromatic carbocycles. The summed E-state index contributed by atoms with van der Waals surface area (Å²) >= 11 is 0. The van der Waals surface area contributed by atoms with Gasteiger partial charge in [0.05, 0.1) is 12.6 Å². The zero-order valence-corrected chi connectivity index (χ0v) is 12.6. The highest BCUT2D eigenvalue weighted by atomic mass is 16.5. The summed E-state index contributed by atoms with van der Waals surface area (Å²) in [7, 11) is 0. The molecule has 1 fully saturated rings. The lowest BCUT2D eigenvalue weighted by Gasteiger charge is -2.32. The number of hydrogen-bond acceptors (Lipinski definition) is 3. The van der Waals surface area contributed by atoms with Crippen LogP contribution >= 0.6 is 0 Å². The average molecular weight is 275 g/mol. The second-order valence-electron chi connectivity index (χ2n) is 5.66. The summed E-state index contributed by atoms with van der Waals surface area (Å²) in [5, 5.41) is 0. The molecular weight excluding hydrogens is 250 g/mol. The molecule has 110 valence electrons. The highest BCUT2D eigenvalue weighted by Gasteiger charge is 2.22. The third kappa shape index (κ3) is 4.43. The van der Waals surface area contributed by atoms with E-state index in [-0.39, 0.29) is 5.78 Å². The number of likely N-dealkylation sites (tertiary alicyclic amines) is 1. The van der Waals surface area contributed by atoms with Crippen LogP contribution in [0.2, 0.25) is 0 Å². The fourth-order valence-electron chi connectivity index (χ4n) is 2.69. The Morgan fingerprint density at radius 1 is 1.45 bits per heavy atom. The highest BCUT2D eigenvalue weighted by Crippen LogP contribution is 2.14. The van der Waals surface area contributed by atoms with Crippen molar-refractivity contribution in [3.8, 4) is 0 Å². The Bertz CT molecular complexity index is 444. The molecule has 3 nitrogen and oxygen atoms in total. The van der Waals surface area contributed by atoms with Gasteiger partial charge in [-0.15, -0.1) is 0 Å². The Morgan fingerprint density at radius 3 is 3.05 bits per heavy atom. The van der Waals surface area contributed by atoms with Gasteiger partial charge in [0.25, 0.3) is 0 Å². The SMILES string of the molecule is CCCOC1CCCN(CC(=O)c2cccc(C)c2)C1. The van der Waals surface area contributed by atoms with Gasteiger partial charge in [-0.25, -0.2) is 0 Å². The molecule has 1 saturated heterocycles. The molecule has 0 bridgehead atoms. The van der Waals surface area contributed by atoms with Gasteiger partial charge in [-0.1, -0.05) is 30.7 Å². The van der Waals surface area contributed by atoms with Crippen LogP contribution in [0.25, 0.3) is 0 Å². The predicted octanol–water partition coefficient (Wildman–Crippen LogP) is 3.07. The molecule has 0 spiro atoms. The lowest BCUT2D eigenvalue weighted by Crippen LogP contribution is -2.42. The first-order chi connectivity index (χ1) is 9.69. The minimum Gasteiger partial charge on any atom is -0.377 e. The quantitative estimate of drug-likeness (QED) is 0.747. The minimum atomic E-state index is 0.213. The molecule has 0 saturated carbocycles. The number of ether oxygens (including phenoxy) is 1. The van der Waals surface area contributed by atoms with Crippen LogP contribution in [0.4, 0.5) is 0 Å². The molecule has 0 aliphatic carbocycles. The van der Waals surface area contributed by atoms with Crippen molar-refractivity contribution in [1.29, 1.82) is 0 Å². The molecule has 2 rings (SSSR count). The van der Waals surface area contributed by atoms with Gasteiger partial charge in [-0.05, 0) is 38.8 Å². The van der Waals surface area contributed by atoms with Crippen LogP contribution in [0.5, 0.6) is 0 Å². The maximum absolute atomic E-state index is 12.3. The van der Waals surface area contributed by atoms with E-state index in [1.165, 1.54) is 0 Å². The number of ketones is 1. The van der Waals surface area contributed by atoms with Gasteiger partial charge in [0.15, 0.2) is 5.78 Å². The number of rotatable bonds is 6. The fourth-order valence-corrected chi connectivity index (χ4v) is 2.69. The summed E-state index contributed by atoms with van der Waals surface area (Å²) in [5.74, 6) is 0.213. The second kappa shape index (κ2) is 7.55. The normalized spacial score (nSPS) is 20.0. The lowest BCUT2D eigenvalue weighted by atomic mass is 10.0. The summed E-state index contributed by atoms with van der Waals surface area (Å²) in [6.45, 7) is 7.37. The van der Waals surface area contributed by atoms with Crippen LogP contribution < -0.4 is 0 Å². The van der Waals surface area contributed by atoms with Crippen LogP contribution in [0.3, 0.4) is 0 Å². The molecule has 0 aromatic heterocycles. The molecule has 1 atom stereocenters. The molecule has 1 heterocycles. The molecule has 0 amide bonds. The molecule has 1 unspecified atom stereocenters. The summed E-state index contributed by atoms with van der Waals surface area (Å²) in [4.78, 5) is 14.5. The average Bonchev–Trinajstić information content (AvgIpc) is 2.45. The van der Waals surface area contributed by atoms with E-state index in [0.717, 1.165) is 50.1 Å². The Kier molecular flexibility index (Phi) is 5.74. The van der Waals surface area contributed by atoms with Crippen molar-refractivity contribution in [2.75, 3.05) is 26.2 Å². The third-order valence-corrected chi connectivity index (χ3v) is 3.73. The van der Waals surface area contributed by atoms with Gasteiger partial charge in [0, 0.05) is 18.7 Å². The van der Waals surface area contributed by atoms with E-state index in [1.807, 2.05) is 31.2 Å². The number of benzene rings is 1. The maximum Gasteiger partial charge on any atom is 0.176 e. The summed E-state index contributed by atoms with van der Waals surface area (Å²) in [5.41, 5.74) is 1.96. The summed E-state index contributed by atoms with van der Waals surface area (Å²) in [6.07, 6.45) is 3.59. The second-order valence-corrected chi connectivity index (χ2v) is 5.66. The van der Waals surface area contributed by atoms with Crippen LogP contribution in [0, 0.1) is 6.92 Å². The van der Waals surface area contributed by atoms with E-state index >= 15 is 0 Å². The molecule has 20 heavy (non-hydrogen) atoms. The third-order valence-electron chi connectivity index (χ3n) is 3.73. The van der Waals surface area contributed by atoms with E-state index in [1.54, 1.807) is 0 Å². The highest BCUT2D eigenvalue weighted by molar-refractivity contribution is 5.97. The Balaban J connectivity index is 1.87. The summed E-state index contributed by atoms with van der Waals surface area (Å²) < 4.78 is 5.82. The Labute approximate surface area is 121 Å². The van der Waals surface area contributed by atoms with Gasteiger partial charge >= 0.3 is 0 Å². The van der Waals surface area contributed by atoms with E-state index in [9.17, 15) is 4.79 Å². The number of aryl methyl sites for hydroxylation is 1. The standard InChI is InChI=1S/C17H25NO2/c1-3-10-20-16-8-5-9-18(12-16)13-17(19)15-7-4-6-14(2)11-15/h4,6-7,11,16H,3,5,8-10,12-13H2,1-2H3. The van der Waals surface area contributed by atoms with E-state index in [4.69, 9.17) is 4.74 Å². The summed E-state index contributed by atoms with van der Waals surface area (Å²) in [6, 6.07) is 7.85. The Hall–Kier alpha value is -1.19. The lowest BCUT2D eigenvalue weighted by molar-refractivity contribution is 0.00130. The van der Waals surface area contributed by atoms with Gasteiger partial charge in [-0.2, -0.15) is 0 Å². The largest absolute Gasteiger partial charge is 0.377 e. The van der Waals surface area contributed by atoms with Crippen molar-refractivity contribution in [2.45, 2.75) is 39.2 Å². The number of nitrogens with zero attached hydrogens (tertiary/aromatic N) is 1. The van der Waals surface area contributed by atoms with E-state index in [0.29, 0.717) is 12.6 Å². The zero-order valence-electron chi connectivity index (χ0n) is 12.6. The number of Topliss-reactive ketones (excluding diaryl/α,β-unsaturated/α-hetero) is 1. The monoisotopic (exact) mass is 275 g/mol. The number of carbonyl (C=O) groups excluding carboxylic acids is 1. The van der Waals surface area contributed by atoms with E-state index in [2.05, 4.69) is 11.8 Å². The first-order valence-electron chi connectivity index (χ1n) is 7.63. The molecule has 1 aliphatic rings. The van der Waals surface area contributed by atoms with Crippen molar-refractivity contribution in [2.24, 2.45) is 0 Å². The first kappa shape index (κ1) is 15.2. The smallest absolute Gasteiger partial charge is 0.176 e. The fraction of sp³-hybridized carbons (Fsp3) is 0.588. The van der Waals surface area contributed by atoms with Crippen LogP contribution in [0.15, 0.2) is 24.3 Å². The number of hydrogen-bond donors (Lipinski definition) is 0. The maximum atomic E-state index is 12.3. The van der Waals surface area contributed by atoms with Crippen molar-refractivity contribution < 1.29 is 9.53 Å². The molecule has 1 aliphatic heterocycles. The zero-order chi connectivity index (χ0) is 14.4. The molecular formula is C17H25NO2. The van der Waals surface area contributed by atoms with Crippen LogP contribution in [-0.2, 0) is 4.74 Å². The Morgan fingerprint density at radius 2 is 2.30 bits per heavy atom.